The van der Waals surface area contributed by atoms with Gasteiger partial charge in [-0.2, -0.15) is 0 Å². The first-order valence-corrected chi connectivity index (χ1v) is 9.39. The van der Waals surface area contributed by atoms with Crippen molar-refractivity contribution in [3.05, 3.63) is 33.8 Å². The second-order valence-corrected chi connectivity index (χ2v) is 8.34. The van der Waals surface area contributed by atoms with E-state index in [-0.39, 0.29) is 11.3 Å². The fourth-order valence-electron chi connectivity index (χ4n) is 5.01. The number of amides is 1. The van der Waals surface area contributed by atoms with E-state index in [1.807, 2.05) is 14.0 Å². The van der Waals surface area contributed by atoms with E-state index < -0.39 is 5.54 Å². The molecule has 0 aromatic heterocycles. The normalized spacial score (nSPS) is 35.0. The van der Waals surface area contributed by atoms with Crippen molar-refractivity contribution in [1.82, 2.24) is 4.90 Å². The van der Waals surface area contributed by atoms with Gasteiger partial charge >= 0.3 is 0 Å². The summed E-state index contributed by atoms with van der Waals surface area (Å²) in [5.74, 6) is 0.953. The lowest BCUT2D eigenvalue weighted by Crippen LogP contribution is -2.51. The SMILES string of the molecule is COC1CCC2(CC1)Cc1ccc(Br)cc1C21N=C(C)N(C)C1=O. The van der Waals surface area contributed by atoms with Crippen molar-refractivity contribution in [3.8, 4) is 0 Å². The molecule has 1 aromatic rings. The number of benzene rings is 1. The second-order valence-electron chi connectivity index (χ2n) is 7.43. The molecular formula is C19H23BrN2O2. The highest BCUT2D eigenvalue weighted by atomic mass is 79.9. The zero-order chi connectivity index (χ0) is 17.1. The van der Waals surface area contributed by atoms with Crippen LogP contribution in [0.5, 0.6) is 0 Å². The smallest absolute Gasteiger partial charge is 0.260 e. The van der Waals surface area contributed by atoms with Crippen LogP contribution in [-0.4, -0.2) is 36.9 Å². The molecule has 1 heterocycles. The van der Waals surface area contributed by atoms with E-state index in [1.165, 1.54) is 5.56 Å². The van der Waals surface area contributed by atoms with Gasteiger partial charge in [0.1, 0.15) is 5.84 Å². The zero-order valence-electron chi connectivity index (χ0n) is 14.4. The standard InChI is InChI=1S/C19H23BrN2O2/c1-12-21-19(17(23)22(12)2)16-10-14(20)5-4-13(16)11-18(19)8-6-15(24-3)7-9-18/h4-5,10,15H,6-9,11H2,1-3H3. The third-order valence-corrected chi connectivity index (χ3v) is 6.90. The minimum Gasteiger partial charge on any atom is -0.381 e. The lowest BCUT2D eigenvalue weighted by atomic mass is 9.61. The largest absolute Gasteiger partial charge is 0.381 e. The summed E-state index contributed by atoms with van der Waals surface area (Å²) >= 11 is 3.59. The number of aliphatic imine (C=N–C) groups is 1. The fraction of sp³-hybridized carbons (Fsp3) is 0.579. The lowest BCUT2D eigenvalue weighted by Gasteiger charge is -2.45. The molecule has 1 fully saturated rings. The Balaban J connectivity index is 1.89. The van der Waals surface area contributed by atoms with Crippen LogP contribution < -0.4 is 0 Å². The van der Waals surface area contributed by atoms with Gasteiger partial charge in [0.05, 0.1) is 6.10 Å². The molecule has 1 amide bonds. The van der Waals surface area contributed by atoms with Crippen LogP contribution in [0.1, 0.15) is 43.7 Å². The molecule has 0 N–H and O–H groups in total. The monoisotopic (exact) mass is 390 g/mol. The summed E-state index contributed by atoms with van der Waals surface area (Å²) in [5, 5.41) is 0. The van der Waals surface area contributed by atoms with Gasteiger partial charge in [-0.1, -0.05) is 22.0 Å². The van der Waals surface area contributed by atoms with E-state index in [0.29, 0.717) is 6.10 Å². The number of nitrogens with zero attached hydrogens (tertiary/aromatic N) is 2. The molecule has 128 valence electrons. The van der Waals surface area contributed by atoms with E-state index in [1.54, 1.807) is 12.0 Å². The van der Waals surface area contributed by atoms with Crippen LogP contribution in [0.15, 0.2) is 27.7 Å². The molecular weight excluding hydrogens is 368 g/mol. The number of methoxy groups -OCH3 is 1. The van der Waals surface area contributed by atoms with Crippen molar-refractivity contribution in [3.63, 3.8) is 0 Å². The van der Waals surface area contributed by atoms with Crippen molar-refractivity contribution in [1.29, 1.82) is 0 Å². The van der Waals surface area contributed by atoms with Crippen LogP contribution in [0.3, 0.4) is 0 Å². The van der Waals surface area contributed by atoms with Crippen LogP contribution in [0.25, 0.3) is 0 Å². The van der Waals surface area contributed by atoms with Gasteiger partial charge < -0.3 is 9.64 Å². The van der Waals surface area contributed by atoms with E-state index >= 15 is 0 Å². The third kappa shape index (κ3) is 1.94. The molecule has 1 aliphatic heterocycles. The molecule has 4 nitrogen and oxygen atoms in total. The van der Waals surface area contributed by atoms with Gasteiger partial charge in [0.2, 0.25) is 0 Å². The predicted octanol–water partition coefficient (Wildman–Crippen LogP) is 3.67. The Labute approximate surface area is 151 Å². The van der Waals surface area contributed by atoms with E-state index in [9.17, 15) is 4.79 Å². The molecule has 2 spiro atoms. The highest BCUT2D eigenvalue weighted by molar-refractivity contribution is 9.10. The Morgan fingerprint density at radius 1 is 1.33 bits per heavy atom. The van der Waals surface area contributed by atoms with Crippen molar-refractivity contribution >= 4 is 27.7 Å². The van der Waals surface area contributed by atoms with Gasteiger partial charge in [-0.25, -0.2) is 0 Å². The molecule has 1 saturated carbocycles. The van der Waals surface area contributed by atoms with E-state index in [0.717, 1.165) is 48.0 Å². The van der Waals surface area contributed by atoms with E-state index in [2.05, 4.69) is 34.1 Å². The summed E-state index contributed by atoms with van der Waals surface area (Å²) < 4.78 is 6.58. The number of halogens is 1. The molecule has 4 rings (SSSR count). The molecule has 24 heavy (non-hydrogen) atoms. The maximum absolute atomic E-state index is 13.4. The summed E-state index contributed by atoms with van der Waals surface area (Å²) in [4.78, 5) is 20.2. The Morgan fingerprint density at radius 2 is 2.04 bits per heavy atom. The van der Waals surface area contributed by atoms with Crippen LogP contribution in [0, 0.1) is 5.41 Å². The number of amidine groups is 1. The summed E-state index contributed by atoms with van der Waals surface area (Å²) in [6.45, 7) is 1.94. The highest BCUT2D eigenvalue weighted by Crippen LogP contribution is 2.62. The first kappa shape index (κ1) is 16.3. The molecule has 5 heteroatoms. The Hall–Kier alpha value is -1.20. The average Bonchev–Trinajstić information content (AvgIpc) is 2.97. The van der Waals surface area contributed by atoms with Gasteiger partial charge in [0, 0.05) is 24.0 Å². The third-order valence-electron chi connectivity index (χ3n) is 6.41. The van der Waals surface area contributed by atoms with Gasteiger partial charge in [0.25, 0.3) is 5.91 Å². The fourth-order valence-corrected chi connectivity index (χ4v) is 5.37. The Bertz CT molecular complexity index is 737. The molecule has 1 aromatic carbocycles. The second kappa shape index (κ2) is 5.40. The molecule has 0 radical (unpaired) electrons. The molecule has 0 saturated heterocycles. The summed E-state index contributed by atoms with van der Waals surface area (Å²) in [5.41, 5.74) is 1.51. The van der Waals surface area contributed by atoms with Gasteiger partial charge in [-0.05, 0) is 62.3 Å². The number of rotatable bonds is 1. The number of carbonyl (C=O) groups excluding carboxylic acids is 1. The predicted molar refractivity (Wildman–Crippen MR) is 97.1 cm³/mol. The minimum absolute atomic E-state index is 0.117. The molecule has 1 unspecified atom stereocenters. The summed E-state index contributed by atoms with van der Waals surface area (Å²) in [7, 11) is 3.64. The molecule has 3 aliphatic rings. The van der Waals surface area contributed by atoms with Crippen LogP contribution in [0.2, 0.25) is 0 Å². The minimum atomic E-state index is -0.746. The van der Waals surface area contributed by atoms with Gasteiger partial charge in [-0.15, -0.1) is 0 Å². The number of likely N-dealkylation sites (N-methyl/N-ethyl adjacent to an activating group) is 1. The average molecular weight is 391 g/mol. The van der Waals surface area contributed by atoms with Crippen molar-refractivity contribution < 1.29 is 9.53 Å². The van der Waals surface area contributed by atoms with Crippen molar-refractivity contribution in [2.24, 2.45) is 10.4 Å². The Morgan fingerprint density at radius 3 is 2.62 bits per heavy atom. The summed E-state index contributed by atoms with van der Waals surface area (Å²) in [6.07, 6.45) is 5.20. The lowest BCUT2D eigenvalue weighted by molar-refractivity contribution is -0.137. The molecule has 1 atom stereocenters. The van der Waals surface area contributed by atoms with Crippen LogP contribution in [0.4, 0.5) is 0 Å². The van der Waals surface area contributed by atoms with Crippen molar-refractivity contribution in [2.75, 3.05) is 14.2 Å². The van der Waals surface area contributed by atoms with Gasteiger partial charge in [0.15, 0.2) is 5.54 Å². The molecule has 2 aliphatic carbocycles. The number of fused-ring (bicyclic) bond motifs is 3. The highest BCUT2D eigenvalue weighted by Gasteiger charge is 2.65. The number of carbonyl (C=O) groups is 1. The number of hydrogen-bond donors (Lipinski definition) is 0. The van der Waals surface area contributed by atoms with Gasteiger partial charge in [-0.3, -0.25) is 9.79 Å². The zero-order valence-corrected chi connectivity index (χ0v) is 16.0. The van der Waals surface area contributed by atoms with Crippen LogP contribution in [-0.2, 0) is 21.5 Å². The van der Waals surface area contributed by atoms with Crippen molar-refractivity contribution in [2.45, 2.75) is 50.7 Å². The van der Waals surface area contributed by atoms with E-state index in [4.69, 9.17) is 9.73 Å². The summed E-state index contributed by atoms with van der Waals surface area (Å²) in [6, 6.07) is 6.35. The number of hydrogen-bond acceptors (Lipinski definition) is 3. The quantitative estimate of drug-likeness (QED) is 0.733. The maximum Gasteiger partial charge on any atom is 0.260 e. The first-order valence-electron chi connectivity index (χ1n) is 8.60. The molecule has 0 bridgehead atoms. The van der Waals surface area contributed by atoms with Crippen LogP contribution >= 0.6 is 15.9 Å². The Kier molecular flexibility index (Phi) is 3.66. The maximum atomic E-state index is 13.4. The number of ether oxygens (including phenoxy) is 1. The topological polar surface area (TPSA) is 41.9 Å². The first-order chi connectivity index (χ1) is 11.4.